The highest BCUT2D eigenvalue weighted by atomic mass is 16.5. The molecular formula is C18H19NO. The zero-order chi connectivity index (χ0) is 14.2. The average Bonchev–Trinajstić information content (AvgIpc) is 2.52. The maximum absolute atomic E-state index is 5.97. The molecule has 2 N–H and O–H groups in total. The third-order valence-electron chi connectivity index (χ3n) is 3.07. The summed E-state index contributed by atoms with van der Waals surface area (Å²) in [6.45, 7) is 2.46. The van der Waals surface area contributed by atoms with Crippen molar-refractivity contribution in [2.45, 2.75) is 19.4 Å². The molecule has 1 atom stereocenters. The Morgan fingerprint density at radius 3 is 2.40 bits per heavy atom. The normalized spacial score (nSPS) is 11.3. The molecule has 0 saturated heterocycles. The van der Waals surface area contributed by atoms with E-state index in [1.54, 1.807) is 0 Å². The van der Waals surface area contributed by atoms with Gasteiger partial charge in [0, 0.05) is 11.6 Å². The molecule has 0 amide bonds. The van der Waals surface area contributed by atoms with Crippen molar-refractivity contribution in [2.75, 3.05) is 6.61 Å². The molecule has 20 heavy (non-hydrogen) atoms. The fourth-order valence-electron chi connectivity index (χ4n) is 1.83. The van der Waals surface area contributed by atoms with Gasteiger partial charge < -0.3 is 10.5 Å². The topological polar surface area (TPSA) is 35.2 Å². The predicted molar refractivity (Wildman–Crippen MR) is 82.5 cm³/mol. The van der Waals surface area contributed by atoms with Crippen LogP contribution in [0.3, 0.4) is 0 Å². The van der Waals surface area contributed by atoms with Crippen LogP contribution in [0.25, 0.3) is 0 Å². The Bertz CT molecular complexity index is 578. The molecule has 0 spiro atoms. The standard InChI is InChI=1S/C18H19NO/c1-2-18(19)16-10-12-17(13-11-16)20-14-6-9-15-7-4-3-5-8-15/h3-5,7-8,10-13,18H,2,14,19H2,1H3/t18-/m1/s1. The number of nitrogens with two attached hydrogens (primary N) is 1. The molecule has 0 aromatic heterocycles. The summed E-state index contributed by atoms with van der Waals surface area (Å²) in [4.78, 5) is 0. The van der Waals surface area contributed by atoms with Crippen molar-refractivity contribution in [3.8, 4) is 17.6 Å². The number of benzene rings is 2. The minimum atomic E-state index is 0.0990. The molecule has 2 heteroatoms. The van der Waals surface area contributed by atoms with Crippen molar-refractivity contribution in [3.05, 3.63) is 65.7 Å². The SMILES string of the molecule is CC[C@@H](N)c1ccc(OCC#Cc2ccccc2)cc1. The Morgan fingerprint density at radius 2 is 1.75 bits per heavy atom. The lowest BCUT2D eigenvalue weighted by atomic mass is 10.1. The third-order valence-corrected chi connectivity index (χ3v) is 3.07. The summed E-state index contributed by atoms with van der Waals surface area (Å²) in [6, 6.07) is 17.9. The Labute approximate surface area is 120 Å². The van der Waals surface area contributed by atoms with Gasteiger partial charge in [-0.25, -0.2) is 0 Å². The second-order valence-corrected chi connectivity index (χ2v) is 4.54. The van der Waals surface area contributed by atoms with Crippen LogP contribution in [0.4, 0.5) is 0 Å². The first-order chi connectivity index (χ1) is 9.79. The molecule has 0 bridgehead atoms. The van der Waals surface area contributed by atoms with Gasteiger partial charge >= 0.3 is 0 Å². The largest absolute Gasteiger partial charge is 0.481 e. The molecule has 0 radical (unpaired) electrons. The van der Waals surface area contributed by atoms with E-state index in [1.165, 1.54) is 0 Å². The van der Waals surface area contributed by atoms with Gasteiger partial charge in [0.15, 0.2) is 0 Å². The molecule has 2 aromatic rings. The molecule has 0 aliphatic rings. The van der Waals surface area contributed by atoms with Gasteiger partial charge in [-0.3, -0.25) is 0 Å². The summed E-state index contributed by atoms with van der Waals surface area (Å²) >= 11 is 0. The summed E-state index contributed by atoms with van der Waals surface area (Å²) in [5.41, 5.74) is 8.10. The number of hydrogen-bond acceptors (Lipinski definition) is 2. The molecule has 2 aromatic carbocycles. The van der Waals surface area contributed by atoms with Gasteiger partial charge in [0.1, 0.15) is 12.4 Å². The van der Waals surface area contributed by atoms with Crippen LogP contribution in [-0.2, 0) is 0 Å². The summed E-state index contributed by atoms with van der Waals surface area (Å²) in [6.07, 6.45) is 0.933. The van der Waals surface area contributed by atoms with Crippen molar-refractivity contribution in [1.82, 2.24) is 0 Å². The van der Waals surface area contributed by atoms with Crippen LogP contribution in [-0.4, -0.2) is 6.61 Å². The van der Waals surface area contributed by atoms with Crippen molar-refractivity contribution in [3.63, 3.8) is 0 Å². The second kappa shape index (κ2) is 7.37. The predicted octanol–water partition coefficient (Wildman–Crippen LogP) is 3.53. The monoisotopic (exact) mass is 265 g/mol. The molecule has 0 fully saturated rings. The highest BCUT2D eigenvalue weighted by Gasteiger charge is 2.02. The van der Waals surface area contributed by atoms with Crippen LogP contribution in [0, 0.1) is 11.8 Å². The van der Waals surface area contributed by atoms with Gasteiger partial charge in [0.25, 0.3) is 0 Å². The van der Waals surface area contributed by atoms with E-state index >= 15 is 0 Å². The highest BCUT2D eigenvalue weighted by Crippen LogP contribution is 2.18. The minimum Gasteiger partial charge on any atom is -0.481 e. The summed E-state index contributed by atoms with van der Waals surface area (Å²) < 4.78 is 5.58. The van der Waals surface area contributed by atoms with Crippen molar-refractivity contribution in [2.24, 2.45) is 5.73 Å². The fraction of sp³-hybridized carbons (Fsp3) is 0.222. The Hall–Kier alpha value is -2.24. The lowest BCUT2D eigenvalue weighted by molar-refractivity contribution is 0.370. The lowest BCUT2D eigenvalue weighted by Gasteiger charge is -2.09. The number of rotatable bonds is 4. The van der Waals surface area contributed by atoms with Gasteiger partial charge in [-0.1, -0.05) is 49.1 Å². The summed E-state index contributed by atoms with van der Waals surface area (Å²) in [7, 11) is 0. The smallest absolute Gasteiger partial charge is 0.149 e. The first-order valence-corrected chi connectivity index (χ1v) is 6.82. The van der Waals surface area contributed by atoms with E-state index < -0.39 is 0 Å². The summed E-state index contributed by atoms with van der Waals surface area (Å²) in [5.74, 6) is 6.88. The third kappa shape index (κ3) is 4.15. The molecule has 0 aliphatic heterocycles. The molecule has 0 aliphatic carbocycles. The Balaban J connectivity index is 1.87. The van der Waals surface area contributed by atoms with Gasteiger partial charge in [0.05, 0.1) is 0 Å². The van der Waals surface area contributed by atoms with E-state index in [0.29, 0.717) is 6.61 Å². The van der Waals surface area contributed by atoms with E-state index in [-0.39, 0.29) is 6.04 Å². The second-order valence-electron chi connectivity index (χ2n) is 4.54. The molecule has 0 saturated carbocycles. The van der Waals surface area contributed by atoms with E-state index in [9.17, 15) is 0 Å². The lowest BCUT2D eigenvalue weighted by Crippen LogP contribution is -2.08. The van der Waals surface area contributed by atoms with Crippen LogP contribution in [0.15, 0.2) is 54.6 Å². The van der Waals surface area contributed by atoms with Crippen molar-refractivity contribution < 1.29 is 4.74 Å². The molecule has 102 valence electrons. The van der Waals surface area contributed by atoms with E-state index in [2.05, 4.69) is 18.8 Å². The first-order valence-electron chi connectivity index (χ1n) is 6.82. The molecule has 0 heterocycles. The van der Waals surface area contributed by atoms with E-state index in [4.69, 9.17) is 10.5 Å². The van der Waals surface area contributed by atoms with Gasteiger partial charge in [-0.05, 0) is 36.2 Å². The van der Waals surface area contributed by atoms with Gasteiger partial charge in [0.2, 0.25) is 0 Å². The number of ether oxygens (including phenoxy) is 1. The maximum atomic E-state index is 5.97. The van der Waals surface area contributed by atoms with E-state index in [1.807, 2.05) is 54.6 Å². The molecule has 2 nitrogen and oxygen atoms in total. The molecule has 2 rings (SSSR count). The highest BCUT2D eigenvalue weighted by molar-refractivity contribution is 5.34. The summed E-state index contributed by atoms with van der Waals surface area (Å²) in [5, 5.41) is 0. The zero-order valence-electron chi connectivity index (χ0n) is 11.7. The van der Waals surface area contributed by atoms with Crippen molar-refractivity contribution in [1.29, 1.82) is 0 Å². The van der Waals surface area contributed by atoms with Gasteiger partial charge in [-0.15, -0.1) is 0 Å². The first kappa shape index (κ1) is 14.2. The fourth-order valence-corrected chi connectivity index (χ4v) is 1.83. The Kier molecular flexibility index (Phi) is 5.23. The van der Waals surface area contributed by atoms with Crippen LogP contribution in [0.1, 0.15) is 30.5 Å². The number of hydrogen-bond donors (Lipinski definition) is 1. The van der Waals surface area contributed by atoms with Crippen LogP contribution >= 0.6 is 0 Å². The van der Waals surface area contributed by atoms with Crippen molar-refractivity contribution >= 4 is 0 Å². The Morgan fingerprint density at radius 1 is 1.05 bits per heavy atom. The quantitative estimate of drug-likeness (QED) is 0.858. The average molecular weight is 265 g/mol. The molecule has 0 unspecified atom stereocenters. The van der Waals surface area contributed by atoms with E-state index in [0.717, 1.165) is 23.3 Å². The van der Waals surface area contributed by atoms with Crippen LogP contribution in [0.5, 0.6) is 5.75 Å². The van der Waals surface area contributed by atoms with Crippen LogP contribution in [0.2, 0.25) is 0 Å². The zero-order valence-corrected chi connectivity index (χ0v) is 11.7. The maximum Gasteiger partial charge on any atom is 0.149 e. The van der Waals surface area contributed by atoms with Gasteiger partial charge in [-0.2, -0.15) is 0 Å². The minimum absolute atomic E-state index is 0.0990. The van der Waals surface area contributed by atoms with Crippen LogP contribution < -0.4 is 10.5 Å². The molecular weight excluding hydrogens is 246 g/mol.